The Balaban J connectivity index is 1.81. The Labute approximate surface area is 132 Å². The number of aromatic nitrogens is 1. The van der Waals surface area contributed by atoms with Crippen molar-refractivity contribution >= 4 is 22.9 Å². The molecule has 1 aliphatic heterocycles. The lowest BCUT2D eigenvalue weighted by Crippen LogP contribution is -2.35. The topological polar surface area (TPSA) is 25.4 Å². The van der Waals surface area contributed by atoms with Crippen LogP contribution in [0.15, 0.2) is 23.6 Å². The van der Waals surface area contributed by atoms with E-state index >= 15 is 0 Å². The molecule has 0 bridgehead atoms. The van der Waals surface area contributed by atoms with E-state index in [4.69, 9.17) is 16.3 Å². The van der Waals surface area contributed by atoms with E-state index in [0.717, 1.165) is 29.4 Å². The molecule has 0 saturated carbocycles. The van der Waals surface area contributed by atoms with Crippen LogP contribution in [0.5, 0.6) is 0 Å². The first-order valence-electron chi connectivity index (χ1n) is 6.85. The molecule has 2 aromatic rings. The highest BCUT2D eigenvalue weighted by Crippen LogP contribution is 2.26. The van der Waals surface area contributed by atoms with Crippen molar-refractivity contribution in [3.63, 3.8) is 0 Å². The van der Waals surface area contributed by atoms with E-state index in [1.807, 2.05) is 11.4 Å². The number of rotatable bonds is 4. The largest absolute Gasteiger partial charge is 0.379 e. The fourth-order valence-electron chi connectivity index (χ4n) is 2.33. The number of ether oxygens (including phenoxy) is 1. The summed E-state index contributed by atoms with van der Waals surface area (Å²) in [5.41, 5.74) is 2.51. The Morgan fingerprint density at radius 1 is 1.33 bits per heavy atom. The van der Waals surface area contributed by atoms with Gasteiger partial charge in [0.1, 0.15) is 10.8 Å². The van der Waals surface area contributed by atoms with Crippen LogP contribution in [0.25, 0.3) is 10.6 Å². The molecule has 1 fully saturated rings. The molecule has 0 amide bonds. The minimum Gasteiger partial charge on any atom is -0.379 e. The van der Waals surface area contributed by atoms with Gasteiger partial charge in [-0.25, -0.2) is 9.37 Å². The van der Waals surface area contributed by atoms with Crippen molar-refractivity contribution in [1.29, 1.82) is 0 Å². The van der Waals surface area contributed by atoms with Crippen LogP contribution in [0.1, 0.15) is 11.3 Å². The summed E-state index contributed by atoms with van der Waals surface area (Å²) in [6, 6.07) is 5.18. The molecule has 0 N–H and O–H groups in total. The fourth-order valence-corrected chi connectivity index (χ4v) is 3.38. The van der Waals surface area contributed by atoms with E-state index in [9.17, 15) is 4.39 Å². The molecular weight excluding hydrogens is 311 g/mol. The summed E-state index contributed by atoms with van der Waals surface area (Å²) < 4.78 is 19.3. The maximum atomic E-state index is 14.0. The molecule has 0 aliphatic carbocycles. The van der Waals surface area contributed by atoms with Gasteiger partial charge in [-0.2, -0.15) is 0 Å². The van der Waals surface area contributed by atoms with Crippen molar-refractivity contribution in [2.24, 2.45) is 0 Å². The van der Waals surface area contributed by atoms with Crippen LogP contribution in [-0.2, 0) is 17.2 Å². The zero-order valence-corrected chi connectivity index (χ0v) is 13.1. The Morgan fingerprint density at radius 2 is 2.14 bits per heavy atom. The lowest BCUT2D eigenvalue weighted by Gasteiger charge is -2.26. The van der Waals surface area contributed by atoms with E-state index in [1.165, 1.54) is 17.4 Å². The lowest BCUT2D eigenvalue weighted by atomic mass is 10.1. The second-order valence-corrected chi connectivity index (χ2v) is 6.10. The zero-order valence-electron chi connectivity index (χ0n) is 11.5. The first kappa shape index (κ1) is 14.9. The molecule has 3 rings (SSSR count). The molecule has 0 radical (unpaired) electrons. The average molecular weight is 327 g/mol. The minimum atomic E-state index is -0.167. The molecule has 0 atom stereocenters. The predicted octanol–water partition coefficient (Wildman–Crippen LogP) is 3.52. The number of nitrogens with zero attached hydrogens (tertiary/aromatic N) is 2. The van der Waals surface area contributed by atoms with Gasteiger partial charge in [-0.3, -0.25) is 4.90 Å². The van der Waals surface area contributed by atoms with Crippen molar-refractivity contribution < 1.29 is 9.13 Å². The molecule has 0 unspecified atom stereocenters. The second-order valence-electron chi connectivity index (χ2n) is 4.97. The van der Waals surface area contributed by atoms with Gasteiger partial charge in [0.25, 0.3) is 0 Å². The van der Waals surface area contributed by atoms with E-state index in [0.29, 0.717) is 31.2 Å². The Hall–Kier alpha value is -1.01. The molecule has 1 aromatic heterocycles. The highest BCUT2D eigenvalue weighted by Gasteiger charge is 2.14. The molecule has 0 spiro atoms. The van der Waals surface area contributed by atoms with Gasteiger partial charge in [0, 0.05) is 36.1 Å². The lowest BCUT2D eigenvalue weighted by molar-refractivity contribution is 0.0337. The smallest absolute Gasteiger partial charge is 0.127 e. The van der Waals surface area contributed by atoms with Crippen LogP contribution in [0.4, 0.5) is 4.39 Å². The van der Waals surface area contributed by atoms with E-state index < -0.39 is 0 Å². The summed E-state index contributed by atoms with van der Waals surface area (Å²) >= 11 is 7.31. The van der Waals surface area contributed by atoms with Crippen molar-refractivity contribution in [2.75, 3.05) is 26.3 Å². The fraction of sp³-hybridized carbons (Fsp3) is 0.400. The van der Waals surface area contributed by atoms with E-state index in [-0.39, 0.29) is 5.82 Å². The van der Waals surface area contributed by atoms with Crippen molar-refractivity contribution in [3.05, 3.63) is 40.7 Å². The first-order chi connectivity index (χ1) is 10.3. The van der Waals surface area contributed by atoms with Gasteiger partial charge in [-0.1, -0.05) is 0 Å². The number of hydrogen-bond acceptors (Lipinski definition) is 4. The first-order valence-corrected chi connectivity index (χ1v) is 8.27. The molecule has 6 heteroatoms. The van der Waals surface area contributed by atoms with Gasteiger partial charge in [-0.05, 0) is 18.2 Å². The number of morpholine rings is 1. The molecule has 1 aromatic carbocycles. The van der Waals surface area contributed by atoms with Gasteiger partial charge in [0.2, 0.25) is 0 Å². The molecule has 2 heterocycles. The Bertz CT molecular complexity index is 613. The van der Waals surface area contributed by atoms with Crippen LogP contribution in [-0.4, -0.2) is 36.2 Å². The third-order valence-electron chi connectivity index (χ3n) is 3.48. The summed E-state index contributed by atoms with van der Waals surface area (Å²) in [5.74, 6) is 0.234. The SMILES string of the molecule is Fc1ccc(-c2nc(CCl)cs2)cc1CN1CCOCC1. The van der Waals surface area contributed by atoms with Crippen molar-refractivity contribution in [3.8, 4) is 10.6 Å². The highest BCUT2D eigenvalue weighted by molar-refractivity contribution is 7.13. The molecule has 1 aliphatic rings. The van der Waals surface area contributed by atoms with E-state index in [2.05, 4.69) is 9.88 Å². The van der Waals surface area contributed by atoms with Crippen LogP contribution in [0.3, 0.4) is 0 Å². The maximum absolute atomic E-state index is 14.0. The molecule has 21 heavy (non-hydrogen) atoms. The van der Waals surface area contributed by atoms with Crippen LogP contribution in [0.2, 0.25) is 0 Å². The summed E-state index contributed by atoms with van der Waals surface area (Å²) in [4.78, 5) is 6.65. The van der Waals surface area contributed by atoms with E-state index in [1.54, 1.807) is 6.07 Å². The van der Waals surface area contributed by atoms with Crippen LogP contribution in [0, 0.1) is 5.82 Å². The molecule has 1 saturated heterocycles. The highest BCUT2D eigenvalue weighted by atomic mass is 35.5. The number of thiazole rings is 1. The molecule has 112 valence electrons. The number of alkyl halides is 1. The van der Waals surface area contributed by atoms with Gasteiger partial charge < -0.3 is 4.74 Å². The van der Waals surface area contributed by atoms with Gasteiger partial charge >= 0.3 is 0 Å². The summed E-state index contributed by atoms with van der Waals surface area (Å²) in [5, 5.41) is 2.82. The van der Waals surface area contributed by atoms with Crippen LogP contribution >= 0.6 is 22.9 Å². The summed E-state index contributed by atoms with van der Waals surface area (Å²) in [6.07, 6.45) is 0. The van der Waals surface area contributed by atoms with Crippen LogP contribution < -0.4 is 0 Å². The zero-order chi connectivity index (χ0) is 14.7. The third kappa shape index (κ3) is 3.61. The number of halogens is 2. The average Bonchev–Trinajstić information content (AvgIpc) is 2.99. The standard InChI is InChI=1S/C15H16ClFN2OS/c16-8-13-10-21-15(18-13)11-1-2-14(17)12(7-11)9-19-3-5-20-6-4-19/h1-2,7,10H,3-6,8-9H2. The van der Waals surface area contributed by atoms with Crippen molar-refractivity contribution in [1.82, 2.24) is 9.88 Å². The molecular formula is C15H16ClFN2OS. The maximum Gasteiger partial charge on any atom is 0.127 e. The number of hydrogen-bond donors (Lipinski definition) is 0. The van der Waals surface area contributed by atoms with Gasteiger partial charge in [0.05, 0.1) is 24.8 Å². The second kappa shape index (κ2) is 6.83. The van der Waals surface area contributed by atoms with Gasteiger partial charge in [-0.15, -0.1) is 22.9 Å². The normalized spacial score (nSPS) is 16.3. The summed E-state index contributed by atoms with van der Waals surface area (Å²) in [7, 11) is 0. The van der Waals surface area contributed by atoms with Crippen molar-refractivity contribution in [2.45, 2.75) is 12.4 Å². The quantitative estimate of drug-likeness (QED) is 0.804. The predicted molar refractivity (Wildman–Crippen MR) is 83.2 cm³/mol. The monoisotopic (exact) mass is 326 g/mol. The third-order valence-corrected chi connectivity index (χ3v) is 4.69. The summed E-state index contributed by atoms with van der Waals surface area (Å²) in [6.45, 7) is 3.73. The number of benzene rings is 1. The Kier molecular flexibility index (Phi) is 4.85. The minimum absolute atomic E-state index is 0.167. The Morgan fingerprint density at radius 3 is 2.86 bits per heavy atom. The van der Waals surface area contributed by atoms with Gasteiger partial charge in [0.15, 0.2) is 0 Å². The molecule has 3 nitrogen and oxygen atoms in total.